The monoisotopic (exact) mass is 288 g/mol. The summed E-state index contributed by atoms with van der Waals surface area (Å²) in [6.45, 7) is 2.13. The second kappa shape index (κ2) is 5.29. The van der Waals surface area contributed by atoms with Crippen LogP contribution in [0.2, 0.25) is 0 Å². The SMILES string of the molecule is CCc1ccc(C2CC(=O)c3cc(OC)ccc3O2)s1. The largest absolute Gasteiger partial charge is 0.497 e. The van der Waals surface area contributed by atoms with Crippen molar-refractivity contribution in [1.82, 2.24) is 0 Å². The number of rotatable bonds is 3. The lowest BCUT2D eigenvalue weighted by Crippen LogP contribution is -2.19. The van der Waals surface area contributed by atoms with E-state index in [1.54, 1.807) is 24.5 Å². The molecular formula is C16H16O3S. The van der Waals surface area contributed by atoms with Crippen molar-refractivity contribution in [3.63, 3.8) is 0 Å². The number of fused-ring (bicyclic) bond motifs is 1. The molecule has 3 nitrogen and oxygen atoms in total. The van der Waals surface area contributed by atoms with Crippen LogP contribution < -0.4 is 9.47 Å². The Kier molecular flexibility index (Phi) is 3.49. The number of carbonyl (C=O) groups excluding carboxylic acids is 1. The predicted octanol–water partition coefficient (Wildman–Crippen LogP) is 4.03. The molecule has 1 atom stereocenters. The Morgan fingerprint density at radius 2 is 2.20 bits per heavy atom. The van der Waals surface area contributed by atoms with Gasteiger partial charge in [-0.2, -0.15) is 0 Å². The first-order chi connectivity index (χ1) is 9.71. The minimum atomic E-state index is -0.159. The standard InChI is InChI=1S/C16H16O3S/c1-3-11-5-7-16(20-11)15-9-13(17)12-8-10(18-2)4-6-14(12)19-15/h4-8,15H,3,9H2,1-2H3. The van der Waals surface area contributed by atoms with Crippen LogP contribution in [0.25, 0.3) is 0 Å². The van der Waals surface area contributed by atoms with E-state index in [1.165, 1.54) is 4.88 Å². The van der Waals surface area contributed by atoms with Crippen molar-refractivity contribution in [1.29, 1.82) is 0 Å². The Balaban J connectivity index is 1.90. The van der Waals surface area contributed by atoms with Crippen LogP contribution in [-0.2, 0) is 6.42 Å². The summed E-state index contributed by atoms with van der Waals surface area (Å²) in [5.41, 5.74) is 0.618. The van der Waals surface area contributed by atoms with E-state index in [0.29, 0.717) is 23.5 Å². The van der Waals surface area contributed by atoms with Crippen molar-refractivity contribution in [3.8, 4) is 11.5 Å². The molecule has 0 fully saturated rings. The molecule has 0 N–H and O–H groups in total. The molecular weight excluding hydrogens is 272 g/mol. The molecule has 104 valence electrons. The van der Waals surface area contributed by atoms with Crippen LogP contribution in [0.4, 0.5) is 0 Å². The highest BCUT2D eigenvalue weighted by Crippen LogP contribution is 2.38. The predicted molar refractivity (Wildman–Crippen MR) is 79.0 cm³/mol. The molecule has 2 heterocycles. The van der Waals surface area contributed by atoms with Gasteiger partial charge in [0.25, 0.3) is 0 Å². The van der Waals surface area contributed by atoms with Crippen molar-refractivity contribution in [3.05, 3.63) is 45.6 Å². The van der Waals surface area contributed by atoms with Crippen molar-refractivity contribution in [2.45, 2.75) is 25.9 Å². The number of hydrogen-bond acceptors (Lipinski definition) is 4. The van der Waals surface area contributed by atoms with Gasteiger partial charge in [-0.15, -0.1) is 11.3 Å². The second-order valence-electron chi connectivity index (χ2n) is 4.75. The van der Waals surface area contributed by atoms with Gasteiger partial charge >= 0.3 is 0 Å². The molecule has 3 rings (SSSR count). The first-order valence-electron chi connectivity index (χ1n) is 6.67. The molecule has 0 aliphatic carbocycles. The van der Waals surface area contributed by atoms with Gasteiger partial charge in [0.05, 0.1) is 19.1 Å². The quantitative estimate of drug-likeness (QED) is 0.855. The van der Waals surface area contributed by atoms with Gasteiger partial charge in [0.1, 0.15) is 17.6 Å². The number of ether oxygens (including phenoxy) is 2. The molecule has 1 aliphatic heterocycles. The minimum Gasteiger partial charge on any atom is -0.497 e. The van der Waals surface area contributed by atoms with Gasteiger partial charge in [0, 0.05) is 9.75 Å². The number of carbonyl (C=O) groups is 1. The summed E-state index contributed by atoms with van der Waals surface area (Å²) in [5.74, 6) is 1.45. The fourth-order valence-corrected chi connectivity index (χ4v) is 3.33. The van der Waals surface area contributed by atoms with E-state index in [2.05, 4.69) is 19.1 Å². The van der Waals surface area contributed by atoms with Crippen molar-refractivity contribution >= 4 is 17.1 Å². The van der Waals surface area contributed by atoms with Crippen LogP contribution in [0.15, 0.2) is 30.3 Å². The lowest BCUT2D eigenvalue weighted by atomic mass is 9.99. The van der Waals surface area contributed by atoms with Crippen molar-refractivity contribution < 1.29 is 14.3 Å². The van der Waals surface area contributed by atoms with Gasteiger partial charge in [-0.25, -0.2) is 0 Å². The zero-order valence-corrected chi connectivity index (χ0v) is 12.3. The van der Waals surface area contributed by atoms with Gasteiger partial charge in [-0.3, -0.25) is 4.79 Å². The average Bonchev–Trinajstić information content (AvgIpc) is 2.96. The molecule has 0 saturated heterocycles. The van der Waals surface area contributed by atoms with E-state index in [1.807, 2.05) is 12.1 Å². The Labute approximate surface area is 122 Å². The molecule has 0 bridgehead atoms. The molecule has 0 amide bonds. The fraction of sp³-hybridized carbons (Fsp3) is 0.312. The highest BCUT2D eigenvalue weighted by molar-refractivity contribution is 7.12. The van der Waals surface area contributed by atoms with Crippen LogP contribution in [0, 0.1) is 0 Å². The van der Waals surface area contributed by atoms with Crippen LogP contribution in [-0.4, -0.2) is 12.9 Å². The zero-order chi connectivity index (χ0) is 14.1. The first kappa shape index (κ1) is 13.2. The second-order valence-corrected chi connectivity index (χ2v) is 5.95. The summed E-state index contributed by atoms with van der Waals surface area (Å²) in [6.07, 6.45) is 1.25. The number of benzene rings is 1. The number of ketones is 1. The third-order valence-corrected chi connectivity index (χ3v) is 4.80. The van der Waals surface area contributed by atoms with E-state index in [0.717, 1.165) is 11.3 Å². The summed E-state index contributed by atoms with van der Waals surface area (Å²) in [4.78, 5) is 14.7. The molecule has 1 aromatic carbocycles. The Hall–Kier alpha value is -1.81. The molecule has 1 aromatic heterocycles. The summed E-state index contributed by atoms with van der Waals surface area (Å²) >= 11 is 1.72. The maximum atomic E-state index is 12.3. The lowest BCUT2D eigenvalue weighted by molar-refractivity contribution is 0.0853. The third-order valence-electron chi connectivity index (χ3n) is 3.48. The van der Waals surface area contributed by atoms with Crippen molar-refractivity contribution in [2.24, 2.45) is 0 Å². The zero-order valence-electron chi connectivity index (χ0n) is 11.5. The molecule has 4 heteroatoms. The first-order valence-corrected chi connectivity index (χ1v) is 7.49. The molecule has 2 aromatic rings. The summed E-state index contributed by atoms with van der Waals surface area (Å²) in [7, 11) is 1.59. The topological polar surface area (TPSA) is 35.5 Å². The molecule has 1 unspecified atom stereocenters. The highest BCUT2D eigenvalue weighted by Gasteiger charge is 2.28. The smallest absolute Gasteiger partial charge is 0.170 e. The van der Waals surface area contributed by atoms with E-state index in [9.17, 15) is 4.79 Å². The number of thiophene rings is 1. The van der Waals surface area contributed by atoms with Gasteiger partial charge in [0.2, 0.25) is 0 Å². The van der Waals surface area contributed by atoms with E-state index in [-0.39, 0.29) is 11.9 Å². The summed E-state index contributed by atoms with van der Waals surface area (Å²) in [5, 5.41) is 0. The highest BCUT2D eigenvalue weighted by atomic mass is 32.1. The van der Waals surface area contributed by atoms with E-state index < -0.39 is 0 Å². The molecule has 0 saturated carbocycles. The normalized spacial score (nSPS) is 17.5. The molecule has 1 aliphatic rings. The average molecular weight is 288 g/mol. The number of Topliss-reactive ketones (excluding diaryl/α,β-unsaturated/α-hetero) is 1. The Bertz CT molecular complexity index is 645. The Morgan fingerprint density at radius 1 is 1.35 bits per heavy atom. The molecule has 0 spiro atoms. The summed E-state index contributed by atoms with van der Waals surface area (Å²) in [6, 6.07) is 9.56. The van der Waals surface area contributed by atoms with E-state index >= 15 is 0 Å². The van der Waals surface area contributed by atoms with Crippen LogP contribution >= 0.6 is 11.3 Å². The fourth-order valence-electron chi connectivity index (χ4n) is 2.35. The van der Waals surface area contributed by atoms with Gasteiger partial charge in [-0.1, -0.05) is 6.92 Å². The number of methoxy groups -OCH3 is 1. The number of hydrogen-bond donors (Lipinski definition) is 0. The minimum absolute atomic E-state index is 0.113. The summed E-state index contributed by atoms with van der Waals surface area (Å²) < 4.78 is 11.1. The van der Waals surface area contributed by atoms with Gasteiger partial charge < -0.3 is 9.47 Å². The Morgan fingerprint density at radius 3 is 2.90 bits per heavy atom. The third kappa shape index (κ3) is 2.31. The van der Waals surface area contributed by atoms with Crippen molar-refractivity contribution in [2.75, 3.05) is 7.11 Å². The lowest BCUT2D eigenvalue weighted by Gasteiger charge is -2.24. The van der Waals surface area contributed by atoms with Crippen LogP contribution in [0.5, 0.6) is 11.5 Å². The van der Waals surface area contributed by atoms with Gasteiger partial charge in [-0.05, 0) is 36.8 Å². The molecule has 20 heavy (non-hydrogen) atoms. The van der Waals surface area contributed by atoms with Gasteiger partial charge in [0.15, 0.2) is 5.78 Å². The van der Waals surface area contributed by atoms with Crippen LogP contribution in [0.1, 0.15) is 39.6 Å². The van der Waals surface area contributed by atoms with E-state index in [4.69, 9.17) is 9.47 Å². The maximum absolute atomic E-state index is 12.3. The maximum Gasteiger partial charge on any atom is 0.170 e. The number of aryl methyl sites for hydroxylation is 1. The van der Waals surface area contributed by atoms with Crippen LogP contribution in [0.3, 0.4) is 0 Å². The molecule has 0 radical (unpaired) electrons.